The maximum atomic E-state index is 12.1. The van der Waals surface area contributed by atoms with E-state index in [4.69, 9.17) is 4.74 Å². The first-order valence-corrected chi connectivity index (χ1v) is 10.4. The molecule has 0 amide bonds. The van der Waals surface area contributed by atoms with E-state index in [0.717, 1.165) is 11.3 Å². The van der Waals surface area contributed by atoms with Crippen LogP contribution in [0.25, 0.3) is 0 Å². The quantitative estimate of drug-likeness (QED) is 0.399. The first-order chi connectivity index (χ1) is 13.3. The van der Waals surface area contributed by atoms with Crippen molar-refractivity contribution in [2.45, 2.75) is 18.4 Å². The molecule has 0 aliphatic heterocycles. The summed E-state index contributed by atoms with van der Waals surface area (Å²) in [6.45, 7) is 3.69. The third kappa shape index (κ3) is 6.24. The Labute approximate surface area is 167 Å². The molecule has 0 bridgehead atoms. The van der Waals surface area contributed by atoms with Gasteiger partial charge in [0, 0.05) is 27.7 Å². The van der Waals surface area contributed by atoms with E-state index in [9.17, 15) is 8.42 Å². The minimum absolute atomic E-state index is 0.275. The molecule has 2 N–H and O–H groups in total. The van der Waals surface area contributed by atoms with E-state index in [1.165, 1.54) is 24.0 Å². The van der Waals surface area contributed by atoms with Crippen LogP contribution in [0.5, 0.6) is 5.75 Å². The van der Waals surface area contributed by atoms with Crippen LogP contribution in [-0.2, 0) is 16.6 Å². The summed E-state index contributed by atoms with van der Waals surface area (Å²) in [6.07, 6.45) is 0. The zero-order chi connectivity index (χ0) is 20.6. The summed E-state index contributed by atoms with van der Waals surface area (Å²) in [5.74, 6) is 1.49. The first kappa shape index (κ1) is 21.7. The molecule has 0 aliphatic rings. The zero-order valence-corrected chi connectivity index (χ0v) is 17.6. The topological polar surface area (TPSA) is 83.0 Å². The van der Waals surface area contributed by atoms with Crippen LogP contribution in [0.2, 0.25) is 0 Å². The van der Waals surface area contributed by atoms with Crippen molar-refractivity contribution in [1.82, 2.24) is 14.9 Å². The lowest BCUT2D eigenvalue weighted by Crippen LogP contribution is -2.38. The lowest BCUT2D eigenvalue weighted by molar-refractivity contribution is 0.322. The van der Waals surface area contributed by atoms with Gasteiger partial charge in [-0.3, -0.25) is 4.99 Å². The monoisotopic (exact) mass is 404 g/mol. The van der Waals surface area contributed by atoms with Crippen molar-refractivity contribution in [2.75, 3.05) is 34.3 Å². The van der Waals surface area contributed by atoms with E-state index < -0.39 is 10.0 Å². The van der Waals surface area contributed by atoms with Crippen LogP contribution in [0.3, 0.4) is 0 Å². The second kappa shape index (κ2) is 10.1. The molecule has 0 unspecified atom stereocenters. The largest absolute Gasteiger partial charge is 0.492 e. The van der Waals surface area contributed by atoms with E-state index in [0.29, 0.717) is 25.7 Å². The van der Waals surface area contributed by atoms with Crippen LogP contribution in [0, 0.1) is 6.92 Å². The first-order valence-electron chi connectivity index (χ1n) is 8.98. The Morgan fingerprint density at radius 2 is 1.68 bits per heavy atom. The van der Waals surface area contributed by atoms with E-state index in [1.807, 2.05) is 31.2 Å². The molecule has 7 nitrogen and oxygen atoms in total. The second-order valence-corrected chi connectivity index (χ2v) is 8.60. The molecule has 152 valence electrons. The van der Waals surface area contributed by atoms with Gasteiger partial charge in [-0.05, 0) is 36.8 Å². The maximum absolute atomic E-state index is 12.1. The van der Waals surface area contributed by atoms with Gasteiger partial charge in [-0.25, -0.2) is 12.7 Å². The summed E-state index contributed by atoms with van der Waals surface area (Å²) in [5.41, 5.74) is 2.15. The molecule has 0 saturated carbocycles. The number of aryl methyl sites for hydroxylation is 1. The molecule has 0 spiro atoms. The van der Waals surface area contributed by atoms with Crippen molar-refractivity contribution >= 4 is 16.0 Å². The number of guanidine groups is 1. The molecular formula is C20H28N4O3S. The van der Waals surface area contributed by atoms with E-state index in [1.54, 1.807) is 31.3 Å². The zero-order valence-electron chi connectivity index (χ0n) is 16.8. The highest BCUT2D eigenvalue weighted by atomic mass is 32.2. The molecule has 0 radical (unpaired) electrons. The maximum Gasteiger partial charge on any atom is 0.242 e. The predicted octanol–water partition coefficient (Wildman–Crippen LogP) is 1.99. The number of rotatable bonds is 8. The molecule has 28 heavy (non-hydrogen) atoms. The van der Waals surface area contributed by atoms with Crippen molar-refractivity contribution in [2.24, 2.45) is 4.99 Å². The van der Waals surface area contributed by atoms with Gasteiger partial charge in [0.15, 0.2) is 5.96 Å². The number of nitrogens with zero attached hydrogens (tertiary/aromatic N) is 2. The highest BCUT2D eigenvalue weighted by molar-refractivity contribution is 7.89. The van der Waals surface area contributed by atoms with Gasteiger partial charge >= 0.3 is 0 Å². The average molecular weight is 405 g/mol. The average Bonchev–Trinajstić information content (AvgIpc) is 2.69. The second-order valence-electron chi connectivity index (χ2n) is 6.45. The van der Waals surface area contributed by atoms with Gasteiger partial charge < -0.3 is 15.4 Å². The van der Waals surface area contributed by atoms with Gasteiger partial charge in [0.05, 0.1) is 11.4 Å². The third-order valence-corrected chi connectivity index (χ3v) is 5.90. The molecule has 0 fully saturated rings. The third-order valence-electron chi connectivity index (χ3n) is 4.07. The number of aliphatic imine (C=N–C) groups is 1. The van der Waals surface area contributed by atoms with Crippen molar-refractivity contribution in [1.29, 1.82) is 0 Å². The van der Waals surface area contributed by atoms with Crippen LogP contribution in [0.1, 0.15) is 11.1 Å². The van der Waals surface area contributed by atoms with Crippen molar-refractivity contribution < 1.29 is 13.2 Å². The van der Waals surface area contributed by atoms with Crippen LogP contribution in [-0.4, -0.2) is 53.0 Å². The van der Waals surface area contributed by atoms with Crippen molar-refractivity contribution in [3.05, 3.63) is 59.7 Å². The molecule has 0 aromatic heterocycles. The Kier molecular flexibility index (Phi) is 7.83. The standard InChI is InChI=1S/C20H28N4O3S/c1-16-5-9-18(10-6-16)27-14-13-22-20(21-2)23-15-17-7-11-19(12-8-17)28(25,26)24(3)4/h5-12H,13-15H2,1-4H3,(H2,21,22,23). The summed E-state index contributed by atoms with van der Waals surface area (Å²) in [7, 11) is 1.32. The predicted molar refractivity (Wildman–Crippen MR) is 112 cm³/mol. The summed E-state index contributed by atoms with van der Waals surface area (Å²) in [6, 6.07) is 14.7. The minimum atomic E-state index is -3.41. The molecule has 0 atom stereocenters. The number of sulfonamides is 1. The highest BCUT2D eigenvalue weighted by Crippen LogP contribution is 2.14. The van der Waals surface area contributed by atoms with Gasteiger partial charge in [-0.15, -0.1) is 0 Å². The Balaban J connectivity index is 1.78. The van der Waals surface area contributed by atoms with Crippen molar-refractivity contribution in [3.8, 4) is 5.75 Å². The Hall–Kier alpha value is -2.58. The van der Waals surface area contributed by atoms with Gasteiger partial charge in [0.25, 0.3) is 0 Å². The molecule has 0 aliphatic carbocycles. The number of hydrogen-bond donors (Lipinski definition) is 2. The van der Waals surface area contributed by atoms with Crippen LogP contribution in [0.15, 0.2) is 58.4 Å². The van der Waals surface area contributed by atoms with Crippen molar-refractivity contribution in [3.63, 3.8) is 0 Å². The van der Waals surface area contributed by atoms with E-state index in [2.05, 4.69) is 15.6 Å². The molecule has 2 aromatic rings. The normalized spacial score (nSPS) is 12.1. The molecule has 0 heterocycles. The van der Waals surface area contributed by atoms with Crippen LogP contribution in [0.4, 0.5) is 0 Å². The van der Waals surface area contributed by atoms with Crippen LogP contribution < -0.4 is 15.4 Å². The molecule has 2 aromatic carbocycles. The summed E-state index contributed by atoms with van der Waals surface area (Å²) in [4.78, 5) is 4.45. The smallest absolute Gasteiger partial charge is 0.242 e. The van der Waals surface area contributed by atoms with Gasteiger partial charge in [0.2, 0.25) is 10.0 Å². The summed E-state index contributed by atoms with van der Waals surface area (Å²) >= 11 is 0. The SMILES string of the molecule is CN=C(NCCOc1ccc(C)cc1)NCc1ccc(S(=O)(=O)N(C)C)cc1. The number of benzene rings is 2. The molecular weight excluding hydrogens is 376 g/mol. The van der Waals surface area contributed by atoms with E-state index >= 15 is 0 Å². The lowest BCUT2D eigenvalue weighted by atomic mass is 10.2. The Bertz CT molecular complexity index is 877. The van der Waals surface area contributed by atoms with Gasteiger partial charge in [-0.2, -0.15) is 0 Å². The van der Waals surface area contributed by atoms with Gasteiger partial charge in [0.1, 0.15) is 12.4 Å². The molecule has 0 saturated heterocycles. The lowest BCUT2D eigenvalue weighted by Gasteiger charge is -2.14. The van der Waals surface area contributed by atoms with E-state index in [-0.39, 0.29) is 4.90 Å². The Morgan fingerprint density at radius 3 is 2.25 bits per heavy atom. The van der Waals surface area contributed by atoms with Gasteiger partial charge in [-0.1, -0.05) is 29.8 Å². The molecule has 8 heteroatoms. The summed E-state index contributed by atoms with van der Waals surface area (Å²) < 4.78 is 31.1. The fourth-order valence-electron chi connectivity index (χ4n) is 2.37. The van der Waals surface area contributed by atoms with Crippen LogP contribution >= 0.6 is 0 Å². The Morgan fingerprint density at radius 1 is 1.04 bits per heavy atom. The number of ether oxygens (including phenoxy) is 1. The fourth-order valence-corrected chi connectivity index (χ4v) is 3.27. The minimum Gasteiger partial charge on any atom is -0.492 e. The summed E-state index contributed by atoms with van der Waals surface area (Å²) in [5, 5.41) is 6.38. The fraction of sp³-hybridized carbons (Fsp3) is 0.350. The molecule has 2 rings (SSSR count). The highest BCUT2D eigenvalue weighted by Gasteiger charge is 2.16. The number of nitrogens with one attached hydrogen (secondary N) is 2. The number of hydrogen-bond acceptors (Lipinski definition) is 4.